The summed E-state index contributed by atoms with van der Waals surface area (Å²) in [5.74, 6) is -0.0803. The average molecular weight is 417 g/mol. The van der Waals surface area contributed by atoms with Gasteiger partial charge in [-0.2, -0.15) is 0 Å². The highest BCUT2D eigenvalue weighted by atomic mass is 16.5. The van der Waals surface area contributed by atoms with E-state index in [4.69, 9.17) is 0 Å². The molecule has 0 aromatic heterocycles. The van der Waals surface area contributed by atoms with Crippen molar-refractivity contribution in [2.24, 2.45) is 0 Å². The van der Waals surface area contributed by atoms with Crippen LogP contribution in [0.5, 0.6) is 0 Å². The number of benzene rings is 3. The average Bonchev–Trinajstić information content (AvgIpc) is 2.80. The molecule has 0 spiro atoms. The quantitative estimate of drug-likeness (QED) is 0.159. The van der Waals surface area contributed by atoms with Gasteiger partial charge in [0.2, 0.25) is 0 Å². The number of fused-ring (bicyclic) bond motifs is 2. The molecule has 0 radical (unpaired) electrons. The molecule has 2 nitrogen and oxygen atoms in total. The van der Waals surface area contributed by atoms with E-state index in [1.54, 1.807) is 0 Å². The second kappa shape index (κ2) is 12.9. The van der Waals surface area contributed by atoms with Crippen LogP contribution >= 0.6 is 0 Å². The van der Waals surface area contributed by atoms with Crippen LogP contribution in [0.4, 0.5) is 0 Å². The summed E-state index contributed by atoms with van der Waals surface area (Å²) in [5, 5.41) is 5.22. The molecule has 31 heavy (non-hydrogen) atoms. The molecule has 0 heterocycles. The monoisotopic (exact) mass is 416 g/mol. The summed E-state index contributed by atoms with van der Waals surface area (Å²) in [6.07, 6.45) is 17.5. The Balaban J connectivity index is 1.28. The lowest BCUT2D eigenvalue weighted by Gasteiger charge is -2.04. The molecule has 0 saturated heterocycles. The van der Waals surface area contributed by atoms with Crippen molar-refractivity contribution < 1.29 is 9.53 Å². The highest BCUT2D eigenvalue weighted by molar-refractivity contribution is 5.98. The van der Waals surface area contributed by atoms with Gasteiger partial charge < -0.3 is 4.74 Å². The molecule has 0 bridgehead atoms. The van der Waals surface area contributed by atoms with Gasteiger partial charge in [-0.15, -0.1) is 0 Å². The van der Waals surface area contributed by atoms with Crippen molar-refractivity contribution in [2.75, 3.05) is 7.11 Å². The molecule has 0 N–H and O–H groups in total. The van der Waals surface area contributed by atoms with E-state index in [0.29, 0.717) is 6.42 Å². The Morgan fingerprint density at radius 2 is 1.29 bits per heavy atom. The number of hydrogen-bond donors (Lipinski definition) is 0. The fraction of sp³-hybridized carbons (Fsp3) is 0.414. The number of allylic oxidation sites excluding steroid dienone is 1. The minimum Gasteiger partial charge on any atom is -0.469 e. The van der Waals surface area contributed by atoms with Gasteiger partial charge in [0.25, 0.3) is 0 Å². The Labute approximate surface area is 187 Å². The van der Waals surface area contributed by atoms with Crippen LogP contribution in [-0.2, 0) is 9.53 Å². The summed E-state index contributed by atoms with van der Waals surface area (Å²) in [5.41, 5.74) is 1.29. The van der Waals surface area contributed by atoms with Gasteiger partial charge in [0.15, 0.2) is 0 Å². The molecular formula is C29H36O2. The molecule has 164 valence electrons. The van der Waals surface area contributed by atoms with Crippen LogP contribution in [0.25, 0.3) is 27.6 Å². The van der Waals surface area contributed by atoms with E-state index in [0.717, 1.165) is 19.3 Å². The van der Waals surface area contributed by atoms with E-state index in [2.05, 4.69) is 71.5 Å². The molecule has 3 aromatic carbocycles. The van der Waals surface area contributed by atoms with Crippen LogP contribution in [0.2, 0.25) is 0 Å². The zero-order valence-corrected chi connectivity index (χ0v) is 18.9. The van der Waals surface area contributed by atoms with Crippen molar-refractivity contribution in [3.63, 3.8) is 0 Å². The third-order valence-electron chi connectivity index (χ3n) is 6.02. The predicted octanol–water partition coefficient (Wildman–Crippen LogP) is 8.47. The van der Waals surface area contributed by atoms with Crippen molar-refractivity contribution in [1.29, 1.82) is 0 Å². The summed E-state index contributed by atoms with van der Waals surface area (Å²) >= 11 is 0. The van der Waals surface area contributed by atoms with Gasteiger partial charge in [-0.25, -0.2) is 0 Å². The van der Waals surface area contributed by atoms with E-state index >= 15 is 0 Å². The van der Waals surface area contributed by atoms with Crippen molar-refractivity contribution >= 4 is 33.6 Å². The fourth-order valence-electron chi connectivity index (χ4n) is 4.15. The third kappa shape index (κ3) is 7.86. The first-order valence-corrected chi connectivity index (χ1v) is 11.9. The highest BCUT2D eigenvalue weighted by Gasteiger charge is 2.00. The van der Waals surface area contributed by atoms with Gasteiger partial charge in [-0.3, -0.25) is 4.79 Å². The summed E-state index contributed by atoms with van der Waals surface area (Å²) < 4.78 is 4.66. The Bertz CT molecular complexity index is 986. The molecule has 0 aliphatic heterocycles. The third-order valence-corrected chi connectivity index (χ3v) is 6.02. The first-order valence-electron chi connectivity index (χ1n) is 11.9. The van der Waals surface area contributed by atoms with Gasteiger partial charge >= 0.3 is 5.97 Å². The molecule has 0 aliphatic carbocycles. The first kappa shape index (κ1) is 23.1. The van der Waals surface area contributed by atoms with Crippen LogP contribution < -0.4 is 0 Å². The molecular weight excluding hydrogens is 380 g/mol. The molecule has 0 saturated carbocycles. The summed E-state index contributed by atoms with van der Waals surface area (Å²) in [7, 11) is 1.46. The molecule has 2 heteroatoms. The second-order valence-corrected chi connectivity index (χ2v) is 8.51. The lowest BCUT2D eigenvalue weighted by molar-refractivity contribution is -0.140. The molecule has 0 unspecified atom stereocenters. The number of methoxy groups -OCH3 is 1. The number of unbranched alkanes of at least 4 members (excludes halogenated alkanes) is 9. The first-order chi connectivity index (χ1) is 15.3. The number of rotatable bonds is 13. The fourth-order valence-corrected chi connectivity index (χ4v) is 4.15. The van der Waals surface area contributed by atoms with E-state index in [9.17, 15) is 4.79 Å². The van der Waals surface area contributed by atoms with E-state index < -0.39 is 0 Å². The molecule has 0 amide bonds. The van der Waals surface area contributed by atoms with E-state index in [1.807, 2.05) is 0 Å². The zero-order valence-electron chi connectivity index (χ0n) is 18.9. The van der Waals surface area contributed by atoms with E-state index in [-0.39, 0.29) is 5.97 Å². The Hall–Kier alpha value is -2.61. The maximum absolute atomic E-state index is 11.0. The normalized spacial score (nSPS) is 11.5. The Kier molecular flexibility index (Phi) is 9.63. The minimum absolute atomic E-state index is 0.0803. The van der Waals surface area contributed by atoms with Crippen LogP contribution in [0.1, 0.15) is 76.2 Å². The van der Waals surface area contributed by atoms with Gasteiger partial charge in [-0.1, -0.05) is 93.5 Å². The van der Waals surface area contributed by atoms with Crippen LogP contribution in [0.3, 0.4) is 0 Å². The summed E-state index contributed by atoms with van der Waals surface area (Å²) in [6, 6.07) is 19.9. The van der Waals surface area contributed by atoms with Crippen molar-refractivity contribution in [3.05, 3.63) is 66.2 Å². The number of ether oxygens (including phenoxy) is 1. The Morgan fingerprint density at radius 1 is 0.710 bits per heavy atom. The lowest BCUT2D eigenvalue weighted by atomic mass is 10.0. The SMILES string of the molecule is COC(=O)CCCCCCCCCCCC=Cc1ccc2cc3ccccc3cc2c1. The number of hydrogen-bond acceptors (Lipinski definition) is 2. The second-order valence-electron chi connectivity index (χ2n) is 8.51. The van der Waals surface area contributed by atoms with Crippen LogP contribution in [0.15, 0.2) is 60.7 Å². The van der Waals surface area contributed by atoms with E-state index in [1.165, 1.54) is 79.2 Å². The maximum atomic E-state index is 11.0. The van der Waals surface area contributed by atoms with Gasteiger partial charge in [0.1, 0.15) is 0 Å². The maximum Gasteiger partial charge on any atom is 0.305 e. The zero-order chi connectivity index (χ0) is 21.7. The minimum atomic E-state index is -0.0803. The van der Waals surface area contributed by atoms with Crippen LogP contribution in [0, 0.1) is 0 Å². The lowest BCUT2D eigenvalue weighted by Crippen LogP contribution is -1.99. The largest absolute Gasteiger partial charge is 0.469 e. The molecule has 0 atom stereocenters. The molecule has 0 fully saturated rings. The van der Waals surface area contributed by atoms with Gasteiger partial charge in [0, 0.05) is 6.42 Å². The number of carbonyl (C=O) groups is 1. The smallest absolute Gasteiger partial charge is 0.305 e. The molecule has 3 rings (SSSR count). The van der Waals surface area contributed by atoms with Gasteiger partial charge in [-0.05, 0) is 64.6 Å². The van der Waals surface area contributed by atoms with Crippen molar-refractivity contribution in [1.82, 2.24) is 0 Å². The summed E-state index contributed by atoms with van der Waals surface area (Å²) in [6.45, 7) is 0. The van der Waals surface area contributed by atoms with Crippen LogP contribution in [-0.4, -0.2) is 13.1 Å². The number of esters is 1. The summed E-state index contributed by atoms with van der Waals surface area (Å²) in [4.78, 5) is 11.0. The van der Waals surface area contributed by atoms with Crippen molar-refractivity contribution in [2.45, 2.75) is 70.6 Å². The molecule has 0 aliphatic rings. The topological polar surface area (TPSA) is 26.3 Å². The predicted molar refractivity (Wildman–Crippen MR) is 133 cm³/mol. The van der Waals surface area contributed by atoms with Crippen molar-refractivity contribution in [3.8, 4) is 0 Å². The number of carbonyl (C=O) groups excluding carboxylic acids is 1. The Morgan fingerprint density at radius 3 is 1.97 bits per heavy atom. The van der Waals surface area contributed by atoms with Gasteiger partial charge in [0.05, 0.1) is 7.11 Å². The molecule has 3 aromatic rings. The standard InChI is InChI=1S/C29H36O2/c1-31-29(30)18-12-10-8-6-4-2-3-5-7-9-11-15-24-19-20-27-22-25-16-13-14-17-26(25)23-28(27)21-24/h11,13-17,19-23H,2-10,12,18H2,1H3. The highest BCUT2D eigenvalue weighted by Crippen LogP contribution is 2.24.